The van der Waals surface area contributed by atoms with Gasteiger partial charge in [0.25, 0.3) is 0 Å². The zero-order chi connectivity index (χ0) is 11.9. The van der Waals surface area contributed by atoms with Crippen molar-refractivity contribution in [3.05, 3.63) is 35.5 Å². The fourth-order valence-electron chi connectivity index (χ4n) is 1.87. The molecule has 2 aromatic rings. The lowest BCUT2D eigenvalue weighted by Crippen LogP contribution is -1.96. The number of aryl methyl sites for hydroxylation is 1. The van der Waals surface area contributed by atoms with E-state index in [-0.39, 0.29) is 5.56 Å². The maximum Gasteiger partial charge on any atom is 0.335 e. The molecular formula is C12H12FNO2. The lowest BCUT2D eigenvalue weighted by atomic mass is 10.1. The number of hydrogen-bond acceptors (Lipinski definition) is 1. The first-order chi connectivity index (χ1) is 7.50. The lowest BCUT2D eigenvalue weighted by Gasteiger charge is -2.00. The van der Waals surface area contributed by atoms with Crippen molar-refractivity contribution in [1.29, 1.82) is 0 Å². The molecule has 0 spiro atoms. The molecule has 4 heteroatoms. The Labute approximate surface area is 92.1 Å². The molecule has 0 bridgehead atoms. The third kappa shape index (κ3) is 1.56. The highest BCUT2D eigenvalue weighted by atomic mass is 19.1. The molecule has 1 aromatic heterocycles. The summed E-state index contributed by atoms with van der Waals surface area (Å²) in [7, 11) is 1.78. The van der Waals surface area contributed by atoms with Crippen LogP contribution in [0.25, 0.3) is 10.9 Å². The highest BCUT2D eigenvalue weighted by Gasteiger charge is 2.13. The van der Waals surface area contributed by atoms with Crippen LogP contribution in [0.1, 0.15) is 29.0 Å². The van der Waals surface area contributed by atoms with Gasteiger partial charge in [-0.15, -0.1) is 0 Å². The second kappa shape index (κ2) is 3.63. The van der Waals surface area contributed by atoms with Crippen molar-refractivity contribution >= 4 is 16.9 Å². The molecular weight excluding hydrogens is 209 g/mol. The number of halogens is 1. The minimum Gasteiger partial charge on any atom is -0.478 e. The Kier molecular flexibility index (Phi) is 2.42. The van der Waals surface area contributed by atoms with E-state index in [1.807, 2.05) is 0 Å². The third-order valence-electron chi connectivity index (χ3n) is 2.70. The highest BCUT2D eigenvalue weighted by Crippen LogP contribution is 2.28. The van der Waals surface area contributed by atoms with Crippen molar-refractivity contribution in [2.75, 3.05) is 0 Å². The number of carboxylic acid groups (broad SMARTS) is 1. The number of benzene rings is 1. The van der Waals surface area contributed by atoms with Crippen molar-refractivity contribution in [1.82, 2.24) is 4.57 Å². The Morgan fingerprint density at radius 3 is 2.75 bits per heavy atom. The van der Waals surface area contributed by atoms with E-state index >= 15 is 0 Å². The van der Waals surface area contributed by atoms with Crippen LogP contribution >= 0.6 is 0 Å². The highest BCUT2D eigenvalue weighted by molar-refractivity contribution is 5.94. The Bertz CT molecular complexity index is 557. The molecule has 0 fully saturated rings. The monoisotopic (exact) mass is 221 g/mol. The van der Waals surface area contributed by atoms with Gasteiger partial charge in [0.1, 0.15) is 6.17 Å². The average Bonchev–Trinajstić information content (AvgIpc) is 2.56. The molecule has 1 atom stereocenters. The van der Waals surface area contributed by atoms with Gasteiger partial charge in [-0.2, -0.15) is 0 Å². The number of hydrogen-bond donors (Lipinski definition) is 1. The molecule has 16 heavy (non-hydrogen) atoms. The molecule has 1 aromatic carbocycles. The van der Waals surface area contributed by atoms with Crippen molar-refractivity contribution in [2.45, 2.75) is 13.1 Å². The van der Waals surface area contributed by atoms with Gasteiger partial charge in [0.2, 0.25) is 0 Å². The number of carbonyl (C=O) groups is 1. The summed E-state index contributed by atoms with van der Waals surface area (Å²) in [5.74, 6) is -0.974. The van der Waals surface area contributed by atoms with Gasteiger partial charge in [0, 0.05) is 29.7 Å². The van der Waals surface area contributed by atoms with Crippen LogP contribution in [-0.2, 0) is 7.05 Å². The third-order valence-corrected chi connectivity index (χ3v) is 2.70. The number of nitrogens with zero attached hydrogens (tertiary/aromatic N) is 1. The molecule has 2 rings (SSSR count). The molecule has 1 unspecified atom stereocenters. The van der Waals surface area contributed by atoms with Crippen molar-refractivity contribution in [3.63, 3.8) is 0 Å². The van der Waals surface area contributed by atoms with E-state index in [9.17, 15) is 9.18 Å². The lowest BCUT2D eigenvalue weighted by molar-refractivity contribution is 0.0697. The van der Waals surface area contributed by atoms with E-state index in [1.165, 1.54) is 13.0 Å². The summed E-state index contributed by atoms with van der Waals surface area (Å²) >= 11 is 0. The smallest absolute Gasteiger partial charge is 0.335 e. The zero-order valence-electron chi connectivity index (χ0n) is 9.07. The van der Waals surface area contributed by atoms with Gasteiger partial charge in [0.15, 0.2) is 0 Å². The van der Waals surface area contributed by atoms with Crippen LogP contribution in [-0.4, -0.2) is 15.6 Å². The molecule has 0 amide bonds. The van der Waals surface area contributed by atoms with Gasteiger partial charge in [-0.1, -0.05) is 6.07 Å². The van der Waals surface area contributed by atoms with E-state index in [2.05, 4.69) is 0 Å². The standard InChI is InChI=1S/C12H12FNO2/c1-7(13)10-6-14(2)11-5-8(12(15)16)3-4-9(10)11/h3-7H,1-2H3,(H,15,16). The van der Waals surface area contributed by atoms with E-state index in [4.69, 9.17) is 5.11 Å². The Balaban J connectivity index is 2.71. The Morgan fingerprint density at radius 1 is 1.50 bits per heavy atom. The maximum atomic E-state index is 13.3. The average molecular weight is 221 g/mol. The topological polar surface area (TPSA) is 42.2 Å². The summed E-state index contributed by atoms with van der Waals surface area (Å²) < 4.78 is 15.0. The largest absolute Gasteiger partial charge is 0.478 e. The maximum absolute atomic E-state index is 13.3. The number of aromatic carboxylic acids is 1. The first kappa shape index (κ1) is 10.7. The number of aromatic nitrogens is 1. The van der Waals surface area contributed by atoms with Crippen LogP contribution in [0.5, 0.6) is 0 Å². The van der Waals surface area contributed by atoms with Crippen molar-refractivity contribution in [2.24, 2.45) is 7.05 Å². The quantitative estimate of drug-likeness (QED) is 0.847. The number of fused-ring (bicyclic) bond motifs is 1. The fourth-order valence-corrected chi connectivity index (χ4v) is 1.87. The number of alkyl halides is 1. The van der Waals surface area contributed by atoms with Gasteiger partial charge in [-0.3, -0.25) is 0 Å². The predicted molar refractivity (Wildman–Crippen MR) is 59.4 cm³/mol. The molecule has 0 aliphatic rings. The summed E-state index contributed by atoms with van der Waals surface area (Å²) in [6, 6.07) is 4.71. The molecule has 0 aliphatic heterocycles. The summed E-state index contributed by atoms with van der Waals surface area (Å²) in [6.45, 7) is 1.47. The van der Waals surface area contributed by atoms with Crippen molar-refractivity contribution < 1.29 is 14.3 Å². The van der Waals surface area contributed by atoms with Crippen molar-refractivity contribution in [3.8, 4) is 0 Å². The van der Waals surface area contributed by atoms with E-state index < -0.39 is 12.1 Å². The van der Waals surface area contributed by atoms with Crippen LogP contribution in [0.15, 0.2) is 24.4 Å². The second-order valence-electron chi connectivity index (χ2n) is 3.85. The number of carboxylic acids is 1. The summed E-state index contributed by atoms with van der Waals surface area (Å²) in [6.07, 6.45) is 0.639. The summed E-state index contributed by atoms with van der Waals surface area (Å²) in [5, 5.41) is 9.63. The minimum absolute atomic E-state index is 0.215. The Morgan fingerprint density at radius 2 is 2.19 bits per heavy atom. The van der Waals surface area contributed by atoms with Crippen LogP contribution in [0.3, 0.4) is 0 Å². The molecule has 84 valence electrons. The first-order valence-corrected chi connectivity index (χ1v) is 4.97. The van der Waals surface area contributed by atoms with Gasteiger partial charge in [-0.25, -0.2) is 9.18 Å². The molecule has 0 saturated heterocycles. The first-order valence-electron chi connectivity index (χ1n) is 4.97. The molecule has 0 aliphatic carbocycles. The normalized spacial score (nSPS) is 12.9. The molecule has 0 radical (unpaired) electrons. The van der Waals surface area contributed by atoms with E-state index in [0.717, 1.165) is 10.9 Å². The number of rotatable bonds is 2. The van der Waals surface area contributed by atoms with E-state index in [0.29, 0.717) is 5.56 Å². The molecule has 1 N–H and O–H groups in total. The molecule has 3 nitrogen and oxygen atoms in total. The van der Waals surface area contributed by atoms with Gasteiger partial charge >= 0.3 is 5.97 Å². The molecule has 1 heterocycles. The van der Waals surface area contributed by atoms with Crippen LogP contribution in [0.2, 0.25) is 0 Å². The Hall–Kier alpha value is -1.84. The summed E-state index contributed by atoms with van der Waals surface area (Å²) in [4.78, 5) is 10.8. The minimum atomic E-state index is -1.06. The molecule has 0 saturated carbocycles. The van der Waals surface area contributed by atoms with E-state index in [1.54, 1.807) is 29.9 Å². The second-order valence-corrected chi connectivity index (χ2v) is 3.85. The van der Waals surface area contributed by atoms with Crippen LogP contribution < -0.4 is 0 Å². The van der Waals surface area contributed by atoms with Gasteiger partial charge < -0.3 is 9.67 Å². The van der Waals surface area contributed by atoms with Crippen LogP contribution in [0.4, 0.5) is 4.39 Å². The fraction of sp³-hybridized carbons (Fsp3) is 0.250. The summed E-state index contributed by atoms with van der Waals surface area (Å²) in [5.41, 5.74) is 1.54. The SMILES string of the molecule is CC(F)c1cn(C)c2cc(C(=O)O)ccc12. The van der Waals surface area contributed by atoms with Crippen LogP contribution in [0, 0.1) is 0 Å². The van der Waals surface area contributed by atoms with Gasteiger partial charge in [0.05, 0.1) is 5.56 Å². The zero-order valence-corrected chi connectivity index (χ0v) is 9.07. The predicted octanol–water partition coefficient (Wildman–Crippen LogP) is 2.91. The van der Waals surface area contributed by atoms with Gasteiger partial charge in [-0.05, 0) is 19.1 Å².